The van der Waals surface area contributed by atoms with E-state index < -0.39 is 20.8 Å². The van der Waals surface area contributed by atoms with E-state index in [-0.39, 0.29) is 34.9 Å². The van der Waals surface area contributed by atoms with Crippen molar-refractivity contribution in [1.29, 1.82) is 0 Å². The van der Waals surface area contributed by atoms with Gasteiger partial charge in [-0.1, -0.05) is 0 Å². The Morgan fingerprint density at radius 3 is 2.31 bits per heavy atom. The van der Waals surface area contributed by atoms with Crippen LogP contribution in [0.2, 0.25) is 0 Å². The van der Waals surface area contributed by atoms with Gasteiger partial charge in [0, 0.05) is 44.5 Å². The van der Waals surface area contributed by atoms with Crippen LogP contribution >= 0.6 is 0 Å². The van der Waals surface area contributed by atoms with Crippen LogP contribution in [-0.4, -0.2) is 79.5 Å². The molecule has 1 aromatic rings. The molecular weight excluding hydrogens is 400 g/mol. The van der Waals surface area contributed by atoms with Crippen LogP contribution in [0.5, 0.6) is 0 Å². The van der Waals surface area contributed by atoms with Crippen molar-refractivity contribution in [3.05, 3.63) is 28.3 Å². The Morgan fingerprint density at radius 1 is 1.10 bits per heavy atom. The predicted octanol–water partition coefficient (Wildman–Crippen LogP) is 0.410. The zero-order valence-electron chi connectivity index (χ0n) is 16.0. The lowest BCUT2D eigenvalue weighted by molar-refractivity contribution is -0.384. The van der Waals surface area contributed by atoms with E-state index in [9.17, 15) is 28.1 Å². The van der Waals surface area contributed by atoms with Crippen LogP contribution in [0.3, 0.4) is 0 Å². The quantitative estimate of drug-likeness (QED) is 0.380. The van der Waals surface area contributed by atoms with Crippen molar-refractivity contribution in [2.45, 2.75) is 36.2 Å². The molecule has 1 atom stereocenters. The minimum Gasteiger partial charge on any atom is -0.363 e. The SMILES string of the molecule is CS(=O)(=O)c1ccc(N2CCN(C3CC(=O)N(C4CC4)C3=O)CC2)c([N+](=O)[O-])c1. The Kier molecular flexibility index (Phi) is 4.82. The summed E-state index contributed by atoms with van der Waals surface area (Å²) < 4.78 is 23.4. The molecule has 1 unspecified atom stereocenters. The summed E-state index contributed by atoms with van der Waals surface area (Å²) in [5.41, 5.74) is 0.101. The third-order valence-electron chi connectivity index (χ3n) is 5.74. The number of sulfone groups is 1. The number of likely N-dealkylation sites (tertiary alicyclic amines) is 1. The van der Waals surface area contributed by atoms with Crippen molar-refractivity contribution in [2.24, 2.45) is 0 Å². The van der Waals surface area contributed by atoms with Gasteiger partial charge in [-0.05, 0) is 25.0 Å². The maximum absolute atomic E-state index is 12.6. The standard InChI is InChI=1S/C18H22N4O6S/c1-29(27,28)13-4-5-14(15(10-13)22(25)26)19-6-8-20(9-7-19)16-11-17(23)21(18(16)24)12-2-3-12/h4-5,10,12,16H,2-3,6-9,11H2,1H3. The molecule has 4 rings (SSSR count). The monoisotopic (exact) mass is 422 g/mol. The number of carbonyl (C=O) groups excluding carboxylic acids is 2. The van der Waals surface area contributed by atoms with Crippen molar-refractivity contribution in [2.75, 3.05) is 37.3 Å². The number of piperazine rings is 1. The molecule has 2 aliphatic heterocycles. The molecule has 2 saturated heterocycles. The summed E-state index contributed by atoms with van der Waals surface area (Å²) in [6.45, 7) is 1.88. The zero-order valence-corrected chi connectivity index (χ0v) is 16.8. The molecule has 3 fully saturated rings. The number of amides is 2. The average molecular weight is 422 g/mol. The summed E-state index contributed by atoms with van der Waals surface area (Å²) in [7, 11) is -3.55. The summed E-state index contributed by atoms with van der Waals surface area (Å²) in [6.07, 6.45) is 2.96. The first-order valence-corrected chi connectivity index (χ1v) is 11.4. The van der Waals surface area contributed by atoms with Crippen LogP contribution in [0.15, 0.2) is 23.1 Å². The summed E-state index contributed by atoms with van der Waals surface area (Å²) in [5, 5.41) is 11.5. The zero-order chi connectivity index (χ0) is 20.9. The van der Waals surface area contributed by atoms with Gasteiger partial charge in [-0.25, -0.2) is 8.42 Å². The molecule has 0 radical (unpaired) electrons. The summed E-state index contributed by atoms with van der Waals surface area (Å²) in [4.78, 5) is 40.8. The molecule has 2 amide bonds. The minimum absolute atomic E-state index is 0.0669. The van der Waals surface area contributed by atoms with Gasteiger partial charge in [0.1, 0.15) is 5.69 Å². The first-order chi connectivity index (χ1) is 13.7. The average Bonchev–Trinajstić information content (AvgIpc) is 3.45. The molecule has 1 saturated carbocycles. The smallest absolute Gasteiger partial charge is 0.293 e. The lowest BCUT2D eigenvalue weighted by Crippen LogP contribution is -2.52. The number of benzene rings is 1. The molecule has 3 aliphatic rings. The van der Waals surface area contributed by atoms with Crippen LogP contribution < -0.4 is 4.90 Å². The Balaban J connectivity index is 1.48. The summed E-state index contributed by atoms with van der Waals surface area (Å²) >= 11 is 0. The first kappa shape index (κ1) is 19.8. The number of hydrogen-bond acceptors (Lipinski definition) is 8. The third kappa shape index (κ3) is 3.71. The highest BCUT2D eigenvalue weighted by Gasteiger charge is 2.48. The van der Waals surface area contributed by atoms with Gasteiger partial charge >= 0.3 is 0 Å². The Hall–Kier alpha value is -2.53. The van der Waals surface area contributed by atoms with E-state index in [4.69, 9.17) is 0 Å². The lowest BCUT2D eigenvalue weighted by atomic mass is 10.1. The van der Waals surface area contributed by atoms with Crippen LogP contribution in [0.1, 0.15) is 19.3 Å². The highest BCUT2D eigenvalue weighted by Crippen LogP contribution is 2.34. The number of rotatable bonds is 5. The molecule has 1 aliphatic carbocycles. The second-order valence-corrected chi connectivity index (χ2v) is 9.77. The molecule has 11 heteroatoms. The first-order valence-electron chi connectivity index (χ1n) is 9.50. The third-order valence-corrected chi connectivity index (χ3v) is 6.85. The normalized spacial score (nSPS) is 23.7. The molecule has 2 heterocycles. The van der Waals surface area contributed by atoms with Crippen LogP contribution in [-0.2, 0) is 19.4 Å². The van der Waals surface area contributed by atoms with E-state index in [1.54, 1.807) is 0 Å². The fourth-order valence-corrected chi connectivity index (χ4v) is 4.70. The van der Waals surface area contributed by atoms with Crippen molar-refractivity contribution in [1.82, 2.24) is 9.80 Å². The number of carbonyl (C=O) groups is 2. The molecular formula is C18H22N4O6S. The van der Waals surface area contributed by atoms with Gasteiger partial charge in [-0.15, -0.1) is 0 Å². The van der Waals surface area contributed by atoms with Crippen LogP contribution in [0.4, 0.5) is 11.4 Å². The number of nitro groups is 1. The Morgan fingerprint density at radius 2 is 1.76 bits per heavy atom. The molecule has 10 nitrogen and oxygen atoms in total. The lowest BCUT2D eigenvalue weighted by Gasteiger charge is -2.37. The van der Waals surface area contributed by atoms with Gasteiger partial charge < -0.3 is 4.90 Å². The van der Waals surface area contributed by atoms with E-state index in [2.05, 4.69) is 0 Å². The number of imide groups is 1. The molecule has 0 aromatic heterocycles. The largest absolute Gasteiger partial charge is 0.363 e. The molecule has 29 heavy (non-hydrogen) atoms. The fourth-order valence-electron chi connectivity index (χ4n) is 4.06. The van der Waals surface area contributed by atoms with E-state index in [1.807, 2.05) is 9.80 Å². The second kappa shape index (κ2) is 7.06. The molecule has 156 valence electrons. The van der Waals surface area contributed by atoms with Gasteiger partial charge in [-0.2, -0.15) is 0 Å². The van der Waals surface area contributed by atoms with Crippen molar-refractivity contribution in [3.8, 4) is 0 Å². The van der Waals surface area contributed by atoms with E-state index in [0.29, 0.717) is 31.9 Å². The molecule has 1 aromatic carbocycles. The van der Waals surface area contributed by atoms with E-state index in [0.717, 1.165) is 25.2 Å². The van der Waals surface area contributed by atoms with Gasteiger partial charge in [-0.3, -0.25) is 29.5 Å². The van der Waals surface area contributed by atoms with Gasteiger partial charge in [0.05, 0.1) is 22.3 Å². The van der Waals surface area contributed by atoms with Gasteiger partial charge in [0.15, 0.2) is 9.84 Å². The maximum Gasteiger partial charge on any atom is 0.293 e. The topological polar surface area (TPSA) is 121 Å². The summed E-state index contributed by atoms with van der Waals surface area (Å²) in [5.74, 6) is -0.244. The maximum atomic E-state index is 12.6. The predicted molar refractivity (Wildman–Crippen MR) is 103 cm³/mol. The molecule has 0 spiro atoms. The van der Waals surface area contributed by atoms with Crippen LogP contribution in [0.25, 0.3) is 0 Å². The fraction of sp³-hybridized carbons (Fsp3) is 0.556. The molecule has 0 N–H and O–H groups in total. The van der Waals surface area contributed by atoms with Crippen LogP contribution in [0, 0.1) is 10.1 Å². The highest BCUT2D eigenvalue weighted by molar-refractivity contribution is 7.90. The molecule has 0 bridgehead atoms. The number of nitrogens with zero attached hydrogens (tertiary/aromatic N) is 4. The van der Waals surface area contributed by atoms with Crippen molar-refractivity contribution < 1.29 is 22.9 Å². The number of hydrogen-bond donors (Lipinski definition) is 0. The van der Waals surface area contributed by atoms with Crippen molar-refractivity contribution >= 4 is 33.0 Å². The van der Waals surface area contributed by atoms with Gasteiger partial charge in [0.2, 0.25) is 11.8 Å². The Labute approximate surface area is 168 Å². The van der Waals surface area contributed by atoms with Gasteiger partial charge in [0.25, 0.3) is 5.69 Å². The number of nitro benzene ring substituents is 1. The highest BCUT2D eigenvalue weighted by atomic mass is 32.2. The minimum atomic E-state index is -3.55. The van der Waals surface area contributed by atoms with Crippen molar-refractivity contribution in [3.63, 3.8) is 0 Å². The number of anilines is 1. The second-order valence-electron chi connectivity index (χ2n) is 7.76. The van der Waals surface area contributed by atoms with E-state index >= 15 is 0 Å². The Bertz CT molecular complexity index is 982. The van der Waals surface area contributed by atoms with E-state index in [1.165, 1.54) is 17.0 Å². The summed E-state index contributed by atoms with van der Waals surface area (Å²) in [6, 6.07) is 3.54.